The van der Waals surface area contributed by atoms with Crippen LogP contribution in [0.1, 0.15) is 37.6 Å². The van der Waals surface area contributed by atoms with E-state index in [4.69, 9.17) is 15.2 Å². The molecule has 2 N–H and O–H groups in total. The van der Waals surface area contributed by atoms with Crippen LogP contribution < -0.4 is 10.5 Å². The number of rotatable bonds is 5. The Morgan fingerprint density at radius 3 is 2.50 bits per heavy atom. The minimum Gasteiger partial charge on any atom is -0.495 e. The lowest BCUT2D eigenvalue weighted by atomic mass is 10.1. The summed E-state index contributed by atoms with van der Waals surface area (Å²) in [6, 6.07) is 4.89. The van der Waals surface area contributed by atoms with Crippen LogP contribution >= 0.6 is 0 Å². The molecule has 4 heteroatoms. The molecule has 0 aliphatic carbocycles. The van der Waals surface area contributed by atoms with Crippen molar-refractivity contribution < 1.29 is 14.3 Å². The van der Waals surface area contributed by atoms with Gasteiger partial charge in [0.2, 0.25) is 0 Å². The molecule has 100 valence electrons. The quantitative estimate of drug-likeness (QED) is 0.645. The van der Waals surface area contributed by atoms with Crippen molar-refractivity contribution in [1.82, 2.24) is 0 Å². The number of carbonyl (C=O) groups is 1. The van der Waals surface area contributed by atoms with E-state index in [1.54, 1.807) is 18.2 Å². The van der Waals surface area contributed by atoms with Crippen molar-refractivity contribution in [2.75, 3.05) is 12.8 Å². The van der Waals surface area contributed by atoms with E-state index < -0.39 is 0 Å². The molecule has 1 aromatic carbocycles. The summed E-state index contributed by atoms with van der Waals surface area (Å²) in [5.41, 5.74) is 6.63. The summed E-state index contributed by atoms with van der Waals surface area (Å²) in [5, 5.41) is 0. The number of carbonyl (C=O) groups excluding carboxylic acids is 1. The van der Waals surface area contributed by atoms with E-state index in [2.05, 4.69) is 13.8 Å². The first kappa shape index (κ1) is 14.4. The Bertz CT molecular complexity index is 416. The van der Waals surface area contributed by atoms with E-state index >= 15 is 0 Å². The Morgan fingerprint density at radius 1 is 1.33 bits per heavy atom. The van der Waals surface area contributed by atoms with Crippen molar-refractivity contribution in [3.63, 3.8) is 0 Å². The molecule has 0 fully saturated rings. The number of hydrogen-bond acceptors (Lipinski definition) is 4. The van der Waals surface area contributed by atoms with Gasteiger partial charge in [0.05, 0.1) is 24.5 Å². The van der Waals surface area contributed by atoms with Crippen LogP contribution in [0, 0.1) is 5.92 Å². The van der Waals surface area contributed by atoms with Crippen molar-refractivity contribution in [3.8, 4) is 5.75 Å². The summed E-state index contributed by atoms with van der Waals surface area (Å²) >= 11 is 0. The van der Waals surface area contributed by atoms with E-state index in [9.17, 15) is 4.79 Å². The first-order valence-electron chi connectivity index (χ1n) is 6.08. The summed E-state index contributed by atoms with van der Waals surface area (Å²) in [6.07, 6.45) is 0.748. The second-order valence-electron chi connectivity index (χ2n) is 4.80. The highest BCUT2D eigenvalue weighted by atomic mass is 16.5. The molecule has 1 aromatic rings. The van der Waals surface area contributed by atoms with Crippen molar-refractivity contribution in [2.24, 2.45) is 5.92 Å². The Morgan fingerprint density at radius 2 is 2.00 bits per heavy atom. The summed E-state index contributed by atoms with van der Waals surface area (Å²) in [4.78, 5) is 11.9. The standard InChI is InChI=1S/C14H21NO3/c1-9(2)7-10(3)18-14(16)11-5-6-13(17-4)12(15)8-11/h5-6,8-10H,7,15H2,1-4H3. The Kier molecular flexibility index (Phi) is 5.01. The van der Waals surface area contributed by atoms with Gasteiger partial charge in [-0.25, -0.2) is 4.79 Å². The van der Waals surface area contributed by atoms with E-state index in [0.29, 0.717) is 22.9 Å². The molecule has 0 heterocycles. The highest BCUT2D eigenvalue weighted by Crippen LogP contribution is 2.22. The highest BCUT2D eigenvalue weighted by molar-refractivity contribution is 5.91. The lowest BCUT2D eigenvalue weighted by Crippen LogP contribution is -2.17. The number of esters is 1. The first-order valence-corrected chi connectivity index (χ1v) is 6.08. The minimum atomic E-state index is -0.350. The van der Waals surface area contributed by atoms with Crippen molar-refractivity contribution in [1.29, 1.82) is 0 Å². The third-order valence-electron chi connectivity index (χ3n) is 2.58. The van der Waals surface area contributed by atoms with Gasteiger partial charge in [-0.1, -0.05) is 13.8 Å². The fourth-order valence-electron chi connectivity index (χ4n) is 1.82. The molecule has 0 amide bonds. The van der Waals surface area contributed by atoms with E-state index in [-0.39, 0.29) is 12.1 Å². The highest BCUT2D eigenvalue weighted by Gasteiger charge is 2.14. The van der Waals surface area contributed by atoms with Crippen molar-refractivity contribution >= 4 is 11.7 Å². The van der Waals surface area contributed by atoms with Crippen LogP contribution in [0.25, 0.3) is 0 Å². The van der Waals surface area contributed by atoms with Gasteiger partial charge in [-0.05, 0) is 37.5 Å². The van der Waals surface area contributed by atoms with Crippen LogP contribution in [0.5, 0.6) is 5.75 Å². The van der Waals surface area contributed by atoms with Gasteiger partial charge in [-0.3, -0.25) is 0 Å². The maximum atomic E-state index is 11.9. The lowest BCUT2D eigenvalue weighted by Gasteiger charge is -2.15. The number of nitrogens with two attached hydrogens (primary N) is 1. The molecule has 0 bridgehead atoms. The second kappa shape index (κ2) is 6.28. The average molecular weight is 251 g/mol. The summed E-state index contributed by atoms with van der Waals surface area (Å²) in [7, 11) is 1.54. The predicted molar refractivity (Wildman–Crippen MR) is 71.7 cm³/mol. The SMILES string of the molecule is COc1ccc(C(=O)OC(C)CC(C)C)cc1N. The molecule has 1 unspecified atom stereocenters. The zero-order valence-corrected chi connectivity index (χ0v) is 11.4. The van der Waals surface area contributed by atoms with Gasteiger partial charge in [0.15, 0.2) is 0 Å². The Labute approximate surface area is 108 Å². The van der Waals surface area contributed by atoms with Crippen molar-refractivity contribution in [3.05, 3.63) is 23.8 Å². The normalized spacial score (nSPS) is 12.3. The summed E-state index contributed by atoms with van der Waals surface area (Å²) < 4.78 is 10.4. The monoisotopic (exact) mass is 251 g/mol. The molecule has 0 saturated heterocycles. The van der Waals surface area contributed by atoms with Gasteiger partial charge in [0, 0.05) is 0 Å². The fraction of sp³-hybridized carbons (Fsp3) is 0.500. The summed E-state index contributed by atoms with van der Waals surface area (Å²) in [5.74, 6) is 0.702. The van der Waals surface area contributed by atoms with Gasteiger partial charge in [0.1, 0.15) is 5.75 Å². The number of nitrogen functional groups attached to an aromatic ring is 1. The maximum Gasteiger partial charge on any atom is 0.338 e. The second-order valence-corrected chi connectivity index (χ2v) is 4.80. The fourth-order valence-corrected chi connectivity index (χ4v) is 1.82. The van der Waals surface area contributed by atoms with Crippen LogP contribution in [-0.4, -0.2) is 19.2 Å². The van der Waals surface area contributed by atoms with E-state index in [1.807, 2.05) is 6.92 Å². The molecular weight excluding hydrogens is 230 g/mol. The average Bonchev–Trinajstić information content (AvgIpc) is 2.27. The van der Waals surface area contributed by atoms with Gasteiger partial charge >= 0.3 is 5.97 Å². The molecule has 18 heavy (non-hydrogen) atoms. The smallest absolute Gasteiger partial charge is 0.338 e. The zero-order chi connectivity index (χ0) is 13.7. The third kappa shape index (κ3) is 3.95. The minimum absolute atomic E-state index is 0.0965. The molecule has 0 spiro atoms. The molecule has 0 aliphatic heterocycles. The predicted octanol–water partition coefficient (Wildman–Crippen LogP) is 2.87. The number of methoxy groups -OCH3 is 1. The van der Waals surface area contributed by atoms with Crippen LogP contribution in [0.4, 0.5) is 5.69 Å². The molecule has 1 atom stereocenters. The van der Waals surface area contributed by atoms with E-state index in [1.165, 1.54) is 7.11 Å². The van der Waals surface area contributed by atoms with Gasteiger partial charge < -0.3 is 15.2 Å². The molecule has 4 nitrogen and oxygen atoms in total. The van der Waals surface area contributed by atoms with Crippen LogP contribution in [0.3, 0.4) is 0 Å². The molecule has 1 rings (SSSR count). The van der Waals surface area contributed by atoms with Crippen LogP contribution in [0.2, 0.25) is 0 Å². The number of anilines is 1. The topological polar surface area (TPSA) is 61.5 Å². The summed E-state index contributed by atoms with van der Waals surface area (Å²) in [6.45, 7) is 6.08. The molecular formula is C14H21NO3. The van der Waals surface area contributed by atoms with Gasteiger partial charge in [-0.2, -0.15) is 0 Å². The van der Waals surface area contributed by atoms with Crippen LogP contribution in [-0.2, 0) is 4.74 Å². The third-order valence-corrected chi connectivity index (χ3v) is 2.58. The Hall–Kier alpha value is -1.71. The number of benzene rings is 1. The lowest BCUT2D eigenvalue weighted by molar-refractivity contribution is 0.0299. The zero-order valence-electron chi connectivity index (χ0n) is 11.4. The first-order chi connectivity index (χ1) is 8.43. The number of hydrogen-bond donors (Lipinski definition) is 1. The van der Waals surface area contributed by atoms with Gasteiger partial charge in [-0.15, -0.1) is 0 Å². The Balaban J connectivity index is 2.70. The maximum absolute atomic E-state index is 11.9. The molecule has 0 saturated carbocycles. The van der Waals surface area contributed by atoms with Crippen molar-refractivity contribution in [2.45, 2.75) is 33.3 Å². The van der Waals surface area contributed by atoms with Crippen LogP contribution in [0.15, 0.2) is 18.2 Å². The largest absolute Gasteiger partial charge is 0.495 e. The molecule has 0 aromatic heterocycles. The van der Waals surface area contributed by atoms with E-state index in [0.717, 1.165) is 6.42 Å². The molecule has 0 aliphatic rings. The molecule has 0 radical (unpaired) electrons. The van der Waals surface area contributed by atoms with Gasteiger partial charge in [0.25, 0.3) is 0 Å². The number of ether oxygens (including phenoxy) is 2.